The lowest BCUT2D eigenvalue weighted by Crippen LogP contribution is -2.38. The Morgan fingerprint density at radius 3 is 2.61 bits per heavy atom. The molecule has 6 heterocycles. The number of H-pyrrole nitrogens is 1. The number of ether oxygens (including phenoxy) is 2. The molecule has 24 heteroatoms. The van der Waals surface area contributed by atoms with Gasteiger partial charge in [-0.3, -0.25) is 37.0 Å². The number of anilines is 2. The molecule has 2 bridgehead atoms. The predicted octanol–water partition coefficient (Wildman–Crippen LogP) is 1.00. The lowest BCUT2D eigenvalue weighted by Gasteiger charge is -2.31. The molecule has 0 radical (unpaired) electrons. The van der Waals surface area contributed by atoms with Crippen LogP contribution in [0.1, 0.15) is 18.7 Å². The SMILES string of the molecule is CO[C@H]1[C@H]2O[P@](=O)(OC)OC[C@@]34C[C@@H]3[C@@H](n3cnc5c(N)ncnc53)[C@H](O)[C@@H]4O[P@](=O)(SC)OC[C@H]1O[C@H]2n1cnc2c(=O)[nH]c(N)nc21. The van der Waals surface area contributed by atoms with E-state index in [4.69, 9.17) is 43.6 Å². The van der Waals surface area contributed by atoms with E-state index in [9.17, 15) is 19.0 Å². The highest BCUT2D eigenvalue weighted by atomic mass is 32.7. The molecule has 2 aliphatic heterocycles. The van der Waals surface area contributed by atoms with Gasteiger partial charge in [0, 0.05) is 19.6 Å². The van der Waals surface area contributed by atoms with Crippen molar-refractivity contribution in [3.8, 4) is 0 Å². The van der Waals surface area contributed by atoms with Crippen LogP contribution in [-0.4, -0.2) is 108 Å². The zero-order valence-corrected chi connectivity index (χ0v) is 28.7. The molecule has 0 unspecified atom stereocenters. The molecule has 4 fully saturated rings. The van der Waals surface area contributed by atoms with Crippen molar-refractivity contribution in [1.29, 1.82) is 0 Å². The van der Waals surface area contributed by atoms with Crippen molar-refractivity contribution in [2.75, 3.05) is 45.2 Å². The first-order valence-electron chi connectivity index (χ1n) is 14.9. The zero-order chi connectivity index (χ0) is 34.5. The Morgan fingerprint density at radius 2 is 1.86 bits per heavy atom. The first-order valence-corrected chi connectivity index (χ1v) is 19.8. The van der Waals surface area contributed by atoms with Crippen LogP contribution in [0.25, 0.3) is 22.3 Å². The van der Waals surface area contributed by atoms with Crippen LogP contribution < -0.4 is 17.0 Å². The van der Waals surface area contributed by atoms with E-state index in [2.05, 4.69) is 29.9 Å². The number of nitrogens with one attached hydrogen (secondary N) is 1. The minimum Gasteiger partial charge on any atom is -0.388 e. The molecular weight excluding hydrogens is 710 g/mol. The van der Waals surface area contributed by atoms with E-state index in [1.54, 1.807) is 10.8 Å². The summed E-state index contributed by atoms with van der Waals surface area (Å²) in [4.78, 5) is 35.9. The Labute approximate surface area is 280 Å². The third-order valence-electron chi connectivity index (χ3n) is 9.64. The molecule has 264 valence electrons. The van der Waals surface area contributed by atoms with Crippen LogP contribution in [0, 0.1) is 11.3 Å². The number of methoxy groups -OCH3 is 1. The molecular formula is C25H32N10O11P2S. The van der Waals surface area contributed by atoms with Crippen LogP contribution in [0.15, 0.2) is 23.8 Å². The number of hydrogen-bond acceptors (Lipinski definition) is 19. The van der Waals surface area contributed by atoms with E-state index in [1.807, 2.05) is 0 Å². The number of hydrogen-bond donors (Lipinski definition) is 4. The Morgan fingerprint density at radius 1 is 1.08 bits per heavy atom. The number of phosphoric ester groups is 1. The largest absolute Gasteiger partial charge is 0.475 e. The standard InChI is InChI=1S/C25H32N10O11P2S/c1-40-16-11-5-42-48(39,49-3)46-18-15(36)14(34-8-30-12-19(26)28-7-29-20(12)34)10-4-25(10,18)6-43-47(38,41-2)45-17(16)23(44-11)35-9-31-13-21(35)32-24(27)33-22(13)37/h7-11,14-18,23,36H,4-6H2,1-3H3,(H2,26,28,29)(H3,27,32,33,37)/t10-,11-,14-,15+,16-,17-,18+,23-,25+,47-,48-/m1/s1. The third kappa shape index (κ3) is 5.16. The van der Waals surface area contributed by atoms with Crippen LogP contribution in [-0.2, 0) is 41.2 Å². The summed E-state index contributed by atoms with van der Waals surface area (Å²) in [6, 6.07) is -0.668. The van der Waals surface area contributed by atoms with Crippen molar-refractivity contribution in [2.24, 2.45) is 11.3 Å². The summed E-state index contributed by atoms with van der Waals surface area (Å²) in [6.07, 6.45) is -0.732. The van der Waals surface area contributed by atoms with Crippen molar-refractivity contribution < 1.29 is 46.3 Å². The summed E-state index contributed by atoms with van der Waals surface area (Å²) in [6.45, 7) is -4.66. The molecule has 11 atom stereocenters. The average molecular weight is 743 g/mol. The second kappa shape index (κ2) is 11.8. The summed E-state index contributed by atoms with van der Waals surface area (Å²) >= 11 is 0.837. The van der Waals surface area contributed by atoms with Crippen LogP contribution in [0.4, 0.5) is 11.8 Å². The number of aromatic nitrogens is 8. The molecule has 1 spiro atoms. The average Bonchev–Trinajstić information content (AvgIpc) is 3.39. The summed E-state index contributed by atoms with van der Waals surface area (Å²) < 4.78 is 73.3. The zero-order valence-electron chi connectivity index (χ0n) is 26.1. The van der Waals surface area contributed by atoms with E-state index in [0.29, 0.717) is 17.6 Å². The van der Waals surface area contributed by atoms with Crippen molar-refractivity contribution in [1.82, 2.24) is 39.0 Å². The molecule has 49 heavy (non-hydrogen) atoms. The Kier molecular flexibility index (Phi) is 7.97. The van der Waals surface area contributed by atoms with Gasteiger partial charge >= 0.3 is 14.6 Å². The van der Waals surface area contributed by atoms with E-state index in [-0.39, 0.29) is 42.1 Å². The fraction of sp³-hybridized carbons (Fsp3) is 0.600. The second-order valence-corrected chi connectivity index (χ2v) is 18.0. The molecule has 21 nitrogen and oxygen atoms in total. The first-order chi connectivity index (χ1) is 23.4. The maximum absolute atomic E-state index is 14.3. The van der Waals surface area contributed by atoms with Crippen molar-refractivity contribution >= 4 is 60.1 Å². The molecule has 4 aromatic rings. The van der Waals surface area contributed by atoms with Gasteiger partial charge in [0.15, 0.2) is 28.9 Å². The summed E-state index contributed by atoms with van der Waals surface area (Å²) in [5.41, 5.74) is 11.0. The Hall–Kier alpha value is -3.01. The number of phosphoric acid groups is 1. The number of rotatable bonds is 5. The maximum Gasteiger partial charge on any atom is 0.475 e. The molecule has 8 rings (SSSR count). The van der Waals surface area contributed by atoms with Crippen LogP contribution in [0.3, 0.4) is 0 Å². The lowest BCUT2D eigenvalue weighted by atomic mass is 10.0. The molecule has 0 amide bonds. The van der Waals surface area contributed by atoms with Crippen molar-refractivity contribution in [3.05, 3.63) is 29.3 Å². The molecule has 6 N–H and O–H groups in total. The lowest BCUT2D eigenvalue weighted by molar-refractivity contribution is -0.0607. The summed E-state index contributed by atoms with van der Waals surface area (Å²) in [5.74, 6) is -0.340. The molecule has 2 aliphatic carbocycles. The van der Waals surface area contributed by atoms with Gasteiger partial charge in [-0.15, -0.1) is 0 Å². The van der Waals surface area contributed by atoms with E-state index in [0.717, 1.165) is 18.5 Å². The topological polar surface area (TPSA) is 278 Å². The summed E-state index contributed by atoms with van der Waals surface area (Å²) in [7, 11) is -1.90. The molecule has 2 saturated heterocycles. The minimum absolute atomic E-state index is 0.0369. The minimum atomic E-state index is -4.44. The van der Waals surface area contributed by atoms with Gasteiger partial charge in [-0.2, -0.15) is 4.98 Å². The van der Waals surface area contributed by atoms with Crippen LogP contribution >= 0.6 is 26.0 Å². The molecule has 4 aromatic heterocycles. The fourth-order valence-electron chi connectivity index (χ4n) is 7.26. The molecule has 2 saturated carbocycles. The number of aliphatic hydroxyl groups is 1. The normalized spacial score (nSPS) is 39.3. The maximum atomic E-state index is 14.3. The number of aliphatic hydroxyl groups excluding tert-OH is 1. The number of imidazole rings is 2. The van der Waals surface area contributed by atoms with Gasteiger partial charge in [0.25, 0.3) is 5.56 Å². The van der Waals surface area contributed by atoms with Gasteiger partial charge in [0.2, 0.25) is 5.95 Å². The highest BCUT2D eigenvalue weighted by Gasteiger charge is 2.74. The Bertz CT molecular complexity index is 2100. The number of nitrogens with zero attached hydrogens (tertiary/aromatic N) is 7. The van der Waals surface area contributed by atoms with E-state index < -0.39 is 68.4 Å². The smallest absolute Gasteiger partial charge is 0.388 e. The fourth-order valence-corrected chi connectivity index (χ4v) is 10.7. The van der Waals surface area contributed by atoms with Crippen molar-refractivity contribution in [2.45, 2.75) is 49.2 Å². The van der Waals surface area contributed by atoms with Gasteiger partial charge < -0.3 is 30.6 Å². The van der Waals surface area contributed by atoms with Gasteiger partial charge in [-0.25, -0.2) is 29.1 Å². The second-order valence-electron chi connectivity index (χ2n) is 12.1. The highest BCUT2D eigenvalue weighted by Crippen LogP contribution is 2.74. The number of nitrogens with two attached hydrogens (primary N) is 2. The number of fused-ring (bicyclic) bond motifs is 4. The molecule has 0 aromatic carbocycles. The predicted molar refractivity (Wildman–Crippen MR) is 170 cm³/mol. The van der Waals surface area contributed by atoms with Gasteiger partial charge in [-0.05, 0) is 30.0 Å². The van der Waals surface area contributed by atoms with Crippen LogP contribution in [0.2, 0.25) is 0 Å². The first kappa shape index (κ1) is 33.2. The van der Waals surface area contributed by atoms with Gasteiger partial charge in [0.05, 0.1) is 31.9 Å². The molecule has 4 aliphatic rings. The van der Waals surface area contributed by atoms with E-state index in [1.165, 1.54) is 30.7 Å². The van der Waals surface area contributed by atoms with E-state index >= 15 is 0 Å². The monoisotopic (exact) mass is 742 g/mol. The third-order valence-corrected chi connectivity index (χ3v) is 14.3. The van der Waals surface area contributed by atoms with Crippen LogP contribution in [0.5, 0.6) is 0 Å². The quantitative estimate of drug-likeness (QED) is 0.208. The number of aromatic amines is 1. The van der Waals surface area contributed by atoms with Gasteiger partial charge in [0.1, 0.15) is 42.4 Å². The van der Waals surface area contributed by atoms with Crippen molar-refractivity contribution in [3.63, 3.8) is 0 Å². The number of nitrogen functional groups attached to an aromatic ring is 2. The summed E-state index contributed by atoms with van der Waals surface area (Å²) in [5, 5.41) is 11.8. The van der Waals surface area contributed by atoms with Gasteiger partial charge in [-0.1, -0.05) is 0 Å². The Balaban J connectivity index is 1.18. The highest BCUT2D eigenvalue weighted by molar-refractivity contribution is 8.54.